The van der Waals surface area contributed by atoms with Crippen molar-refractivity contribution in [2.24, 2.45) is 16.1 Å². The molecule has 2 amide bonds. The van der Waals surface area contributed by atoms with Crippen molar-refractivity contribution in [1.82, 2.24) is 4.57 Å². The Hall–Kier alpha value is -3.73. The zero-order valence-electron chi connectivity index (χ0n) is 18.3. The van der Waals surface area contributed by atoms with Crippen LogP contribution < -0.4 is 4.74 Å². The molecule has 1 aromatic heterocycles. The number of amides is 2. The summed E-state index contributed by atoms with van der Waals surface area (Å²) < 4.78 is 29.6. The van der Waals surface area contributed by atoms with Crippen molar-refractivity contribution in [3.8, 4) is 23.2 Å². The van der Waals surface area contributed by atoms with Gasteiger partial charge in [0.25, 0.3) is 11.8 Å². The van der Waals surface area contributed by atoms with Gasteiger partial charge in [-0.3, -0.25) is 14.2 Å². The molecule has 10 nitrogen and oxygen atoms in total. The number of hydrogen-bond acceptors (Lipinski definition) is 7. The Kier molecular flexibility index (Phi) is 6.38. The predicted molar refractivity (Wildman–Crippen MR) is 123 cm³/mol. The highest BCUT2D eigenvalue weighted by atomic mass is 32.2. The molecule has 1 aliphatic rings. The summed E-state index contributed by atoms with van der Waals surface area (Å²) in [4.78, 5) is 24.4. The number of sulfone groups is 1. The molecule has 1 atom stereocenters. The summed E-state index contributed by atoms with van der Waals surface area (Å²) in [5.74, 6) is -1.64. The Morgan fingerprint density at radius 2 is 1.76 bits per heavy atom. The van der Waals surface area contributed by atoms with Crippen molar-refractivity contribution < 1.29 is 33.0 Å². The molecule has 4 rings (SSSR count). The molecule has 0 aliphatic carbocycles. The van der Waals surface area contributed by atoms with Crippen molar-refractivity contribution in [3.05, 3.63) is 48.0 Å². The molecule has 1 unspecified atom stereocenters. The summed E-state index contributed by atoms with van der Waals surface area (Å²) >= 11 is 0. The fourth-order valence-corrected chi connectivity index (χ4v) is 5.84. The number of ether oxygens (including phenoxy) is 1. The highest BCUT2D eigenvalue weighted by Crippen LogP contribution is 2.39. The third-order valence-corrected chi connectivity index (χ3v) is 7.46. The second-order valence-electron chi connectivity index (χ2n) is 8.04. The minimum Gasteiger partial charge on any atom is -0.494 e. The average Bonchev–Trinajstić information content (AvgIpc) is 3.27. The van der Waals surface area contributed by atoms with Crippen LogP contribution >= 0.6 is 0 Å². The van der Waals surface area contributed by atoms with Gasteiger partial charge in [-0.15, -0.1) is 10.2 Å². The van der Waals surface area contributed by atoms with E-state index >= 15 is 0 Å². The first kappa shape index (κ1) is 23.4. The average molecular weight is 486 g/mol. The van der Waals surface area contributed by atoms with Gasteiger partial charge in [-0.25, -0.2) is 8.42 Å². The van der Waals surface area contributed by atoms with Gasteiger partial charge in [0.15, 0.2) is 9.84 Å². The van der Waals surface area contributed by atoms with E-state index < -0.39 is 21.7 Å². The summed E-state index contributed by atoms with van der Waals surface area (Å²) in [5, 5.41) is 28.8. The molecule has 2 aromatic carbocycles. The Balaban J connectivity index is 1.54. The minimum absolute atomic E-state index is 0.0493. The van der Waals surface area contributed by atoms with E-state index in [9.17, 15) is 28.2 Å². The second kappa shape index (κ2) is 9.26. The molecule has 11 heteroatoms. The number of hydrogen-bond donors (Lipinski definition) is 2. The van der Waals surface area contributed by atoms with Crippen LogP contribution in [-0.4, -0.2) is 53.1 Å². The number of carbonyl (C=O) groups is 2. The predicted octanol–water partition coefficient (Wildman–Crippen LogP) is 3.38. The van der Waals surface area contributed by atoms with Gasteiger partial charge in [-0.05, 0) is 61.7 Å². The summed E-state index contributed by atoms with van der Waals surface area (Å²) in [6.07, 6.45) is 0.303. The lowest BCUT2D eigenvalue weighted by Gasteiger charge is -2.08. The van der Waals surface area contributed by atoms with E-state index in [4.69, 9.17) is 4.74 Å². The molecular weight excluding hydrogens is 462 g/mol. The molecule has 0 bridgehead atoms. The van der Waals surface area contributed by atoms with Crippen LogP contribution in [0.15, 0.2) is 52.7 Å². The molecule has 2 heterocycles. The summed E-state index contributed by atoms with van der Waals surface area (Å²) in [7, 11) is -3.11. The number of aromatic hydroxyl groups is 2. The number of benzene rings is 2. The van der Waals surface area contributed by atoms with E-state index in [0.717, 1.165) is 0 Å². The van der Waals surface area contributed by atoms with Gasteiger partial charge < -0.3 is 14.9 Å². The van der Waals surface area contributed by atoms with Gasteiger partial charge >= 0.3 is 0 Å². The highest BCUT2D eigenvalue weighted by molar-refractivity contribution is 7.91. The Labute approximate surface area is 195 Å². The smallest absolute Gasteiger partial charge is 0.295 e. The van der Waals surface area contributed by atoms with Crippen LogP contribution in [0.1, 0.15) is 30.1 Å². The maximum atomic E-state index is 12.4. The van der Waals surface area contributed by atoms with Crippen LogP contribution in [0.25, 0.3) is 16.5 Å². The van der Waals surface area contributed by atoms with Gasteiger partial charge in [0, 0.05) is 22.8 Å². The van der Waals surface area contributed by atoms with E-state index in [1.807, 2.05) is 6.92 Å². The van der Waals surface area contributed by atoms with Crippen LogP contribution in [-0.2, 0) is 14.6 Å². The number of carbonyl (C=O) groups excluding carboxylic acids is 2. The second-order valence-corrected chi connectivity index (χ2v) is 10.3. The molecule has 0 spiro atoms. The van der Waals surface area contributed by atoms with Crippen LogP contribution in [0, 0.1) is 5.92 Å². The molecule has 3 aromatic rings. The molecule has 1 aliphatic heterocycles. The fraction of sp³-hybridized carbons (Fsp3) is 0.304. The third kappa shape index (κ3) is 4.79. The third-order valence-electron chi connectivity index (χ3n) is 5.62. The van der Waals surface area contributed by atoms with Crippen LogP contribution in [0.5, 0.6) is 17.5 Å². The number of aromatic nitrogens is 1. The first-order valence-corrected chi connectivity index (χ1v) is 12.5. The molecular formula is C23H23N3O7S. The maximum Gasteiger partial charge on any atom is 0.295 e. The summed E-state index contributed by atoms with van der Waals surface area (Å²) in [5.41, 5.74) is 0.549. The highest BCUT2D eigenvalue weighted by Gasteiger charge is 2.29. The molecule has 1 saturated heterocycles. The topological polar surface area (TPSA) is 148 Å². The van der Waals surface area contributed by atoms with Gasteiger partial charge in [0.2, 0.25) is 11.8 Å². The first-order chi connectivity index (χ1) is 16.2. The van der Waals surface area contributed by atoms with Crippen LogP contribution in [0.4, 0.5) is 0 Å². The molecule has 0 radical (unpaired) electrons. The summed E-state index contributed by atoms with van der Waals surface area (Å²) in [6, 6.07) is 11.0. The maximum absolute atomic E-state index is 12.4. The van der Waals surface area contributed by atoms with E-state index in [1.54, 1.807) is 24.3 Å². The van der Waals surface area contributed by atoms with Crippen molar-refractivity contribution in [1.29, 1.82) is 0 Å². The van der Waals surface area contributed by atoms with Crippen LogP contribution in [0.3, 0.4) is 0 Å². The zero-order valence-corrected chi connectivity index (χ0v) is 19.2. The van der Waals surface area contributed by atoms with Crippen LogP contribution in [0.2, 0.25) is 0 Å². The van der Waals surface area contributed by atoms with E-state index in [0.29, 0.717) is 29.9 Å². The molecule has 178 valence electrons. The molecule has 1 fully saturated rings. The molecule has 34 heavy (non-hydrogen) atoms. The standard InChI is InChI=1S/C23H23N3O7S/c1-2-33-17-6-4-16(5-7-17)26-22(29)18-8-3-15(12-19(18)23(26)30)21(28)25-24-20(27)11-14-9-10-34(31,32)13-14/h3-8,12,14,29-30H,2,9-11,13H2,1H3. The molecule has 0 saturated carbocycles. The van der Waals surface area contributed by atoms with E-state index in [2.05, 4.69) is 10.2 Å². The van der Waals surface area contributed by atoms with Gasteiger partial charge in [-0.1, -0.05) is 0 Å². The lowest BCUT2D eigenvalue weighted by Crippen LogP contribution is -2.09. The Bertz CT molecular complexity index is 1390. The van der Waals surface area contributed by atoms with E-state index in [-0.39, 0.29) is 46.6 Å². The van der Waals surface area contributed by atoms with Gasteiger partial charge in [-0.2, -0.15) is 0 Å². The number of rotatable bonds is 6. The number of fused-ring (bicyclic) bond motifs is 1. The van der Waals surface area contributed by atoms with Gasteiger partial charge in [0.05, 0.1) is 23.8 Å². The monoisotopic (exact) mass is 485 g/mol. The number of nitrogens with zero attached hydrogens (tertiary/aromatic N) is 3. The van der Waals surface area contributed by atoms with Crippen molar-refractivity contribution >= 4 is 32.4 Å². The van der Waals surface area contributed by atoms with E-state index in [1.165, 1.54) is 22.8 Å². The van der Waals surface area contributed by atoms with Crippen molar-refractivity contribution in [3.63, 3.8) is 0 Å². The Morgan fingerprint density at radius 3 is 2.41 bits per heavy atom. The van der Waals surface area contributed by atoms with Crippen molar-refractivity contribution in [2.75, 3.05) is 18.1 Å². The largest absolute Gasteiger partial charge is 0.494 e. The first-order valence-electron chi connectivity index (χ1n) is 10.7. The quantitative estimate of drug-likeness (QED) is 0.509. The van der Waals surface area contributed by atoms with Crippen molar-refractivity contribution in [2.45, 2.75) is 19.8 Å². The fourth-order valence-electron chi connectivity index (χ4n) is 3.98. The van der Waals surface area contributed by atoms with Gasteiger partial charge in [0.1, 0.15) is 5.75 Å². The molecule has 2 N–H and O–H groups in total. The lowest BCUT2D eigenvalue weighted by atomic mass is 10.1. The Morgan fingerprint density at radius 1 is 1.06 bits per heavy atom. The summed E-state index contributed by atoms with van der Waals surface area (Å²) in [6.45, 7) is 2.37. The minimum atomic E-state index is -3.11. The SMILES string of the molecule is CCOc1ccc(-n2c(O)c3ccc(C(=O)N=NC(=O)CC4CCS(=O)(=O)C4)cc3c2O)cc1. The number of azo groups is 1. The zero-order chi connectivity index (χ0) is 24.5. The lowest BCUT2D eigenvalue weighted by molar-refractivity contribution is -0.119. The normalized spacial score (nSPS) is 17.4.